The van der Waals surface area contributed by atoms with Gasteiger partial charge in [-0.3, -0.25) is 39.1 Å². The Balaban J connectivity index is 0.864. The minimum absolute atomic E-state index is 0.0849. The van der Waals surface area contributed by atoms with Crippen molar-refractivity contribution in [2.24, 2.45) is 10.8 Å². The van der Waals surface area contributed by atoms with E-state index in [1.165, 1.54) is 0 Å². The first-order valence-corrected chi connectivity index (χ1v) is 19.2. The number of rotatable bonds is 10. The maximum Gasteiger partial charge on any atom is 0.262 e. The van der Waals surface area contributed by atoms with Crippen molar-refractivity contribution < 1.29 is 28.7 Å². The number of hydrogen-bond donors (Lipinski definition) is 2. The van der Waals surface area contributed by atoms with Crippen LogP contribution in [0.15, 0.2) is 60.7 Å². The molecular weight excluding hydrogens is 720 g/mol. The summed E-state index contributed by atoms with van der Waals surface area (Å²) in [7, 11) is 0. The predicted molar refractivity (Wildman–Crippen MR) is 206 cm³/mol. The number of fused-ring (bicyclic) bond motifs is 1. The fourth-order valence-corrected chi connectivity index (χ4v) is 9.24. The van der Waals surface area contributed by atoms with E-state index in [-0.39, 0.29) is 47.3 Å². The van der Waals surface area contributed by atoms with Crippen molar-refractivity contribution in [2.45, 2.75) is 71.6 Å². The molecule has 2 saturated heterocycles. The minimum atomic E-state index is -0.981. The van der Waals surface area contributed by atoms with E-state index in [9.17, 15) is 29.2 Å². The van der Waals surface area contributed by atoms with Crippen molar-refractivity contribution in [3.05, 3.63) is 93.5 Å². The minimum Gasteiger partial charge on any atom is -0.489 e. The summed E-state index contributed by atoms with van der Waals surface area (Å²) in [4.78, 5) is 69.3. The quantitative estimate of drug-likeness (QED) is 0.273. The Hall–Kier alpha value is -5.25. The number of nitriles is 1. The summed E-state index contributed by atoms with van der Waals surface area (Å²) in [5.41, 5.74) is 2.89. The third-order valence-corrected chi connectivity index (χ3v) is 12.1. The van der Waals surface area contributed by atoms with Crippen LogP contribution in [-0.2, 0) is 16.0 Å². The normalized spacial score (nSPS) is 23.1. The second kappa shape index (κ2) is 14.8. The third kappa shape index (κ3) is 7.19. The van der Waals surface area contributed by atoms with Gasteiger partial charge in [0, 0.05) is 66.8 Å². The monoisotopic (exact) mass is 764 g/mol. The van der Waals surface area contributed by atoms with Crippen LogP contribution in [-0.4, -0.2) is 90.2 Å². The first-order valence-electron chi connectivity index (χ1n) is 18.8. The molecule has 1 atom stereocenters. The van der Waals surface area contributed by atoms with Gasteiger partial charge in [0.15, 0.2) is 0 Å². The number of imide groups is 2. The molecule has 1 saturated carbocycles. The van der Waals surface area contributed by atoms with Crippen LogP contribution in [0.3, 0.4) is 0 Å². The fraction of sp³-hybridized carbons (Fsp3) is 0.429. The van der Waals surface area contributed by atoms with Crippen LogP contribution in [0.5, 0.6) is 5.75 Å². The fourth-order valence-electron chi connectivity index (χ4n) is 9.03. The summed E-state index contributed by atoms with van der Waals surface area (Å²) in [6.07, 6.45) is 1.88. The number of anilines is 1. The molecule has 2 N–H and O–H groups in total. The second-order valence-corrected chi connectivity index (χ2v) is 16.5. The largest absolute Gasteiger partial charge is 0.489 e. The zero-order valence-corrected chi connectivity index (χ0v) is 32.2. The molecule has 1 aliphatic carbocycles. The molecule has 0 bridgehead atoms. The first kappa shape index (κ1) is 38.0. The van der Waals surface area contributed by atoms with Gasteiger partial charge in [0.2, 0.25) is 11.8 Å². The molecule has 3 fully saturated rings. The molecule has 55 heavy (non-hydrogen) atoms. The maximum absolute atomic E-state index is 13.4. The standard InChI is InChI=1S/C42H45ClN6O6/c1-41(2)39(42(3,4)40(41)55-29-13-11-27(24-44)32(43)23-29)46-35(51)26-9-7-25(8-10-26)6-5-17-47-18-20-48(21-19-47)28-12-14-30-31(22-28)38(54)49(37(30)53)33-15-16-34(50)45-36(33)52/h7-14,22-23,33,39-40H,5-6,15-21H2,1-4H3,(H,46,51)(H,45,50,52). The lowest BCUT2D eigenvalue weighted by atomic mass is 9.49. The summed E-state index contributed by atoms with van der Waals surface area (Å²) in [5.74, 6) is -1.55. The number of carbonyl (C=O) groups is 5. The predicted octanol–water partition coefficient (Wildman–Crippen LogP) is 4.98. The molecule has 0 spiro atoms. The number of ether oxygens (including phenoxy) is 1. The van der Waals surface area contributed by atoms with Crippen LogP contribution < -0.4 is 20.3 Å². The Labute approximate surface area is 325 Å². The van der Waals surface area contributed by atoms with E-state index in [0.717, 1.165) is 61.7 Å². The highest BCUT2D eigenvalue weighted by Crippen LogP contribution is 2.55. The van der Waals surface area contributed by atoms with Gasteiger partial charge in [-0.2, -0.15) is 5.26 Å². The van der Waals surface area contributed by atoms with E-state index in [1.807, 2.05) is 30.3 Å². The molecule has 1 unspecified atom stereocenters. The van der Waals surface area contributed by atoms with E-state index in [4.69, 9.17) is 16.3 Å². The molecule has 286 valence electrons. The van der Waals surface area contributed by atoms with Gasteiger partial charge in [0.1, 0.15) is 24.0 Å². The Morgan fingerprint density at radius 2 is 1.62 bits per heavy atom. The number of piperazine rings is 1. The second-order valence-electron chi connectivity index (χ2n) is 16.1. The van der Waals surface area contributed by atoms with E-state index < -0.39 is 29.7 Å². The topological polar surface area (TPSA) is 152 Å². The zero-order valence-electron chi connectivity index (χ0n) is 31.5. The molecule has 13 heteroatoms. The lowest BCUT2D eigenvalue weighted by Gasteiger charge is -2.63. The number of piperidine rings is 1. The summed E-state index contributed by atoms with van der Waals surface area (Å²) in [6.45, 7) is 12.5. The Kier molecular flexibility index (Phi) is 10.2. The summed E-state index contributed by atoms with van der Waals surface area (Å²) in [6, 6.07) is 19.1. The van der Waals surface area contributed by atoms with Gasteiger partial charge in [-0.15, -0.1) is 0 Å². The molecule has 3 aromatic carbocycles. The summed E-state index contributed by atoms with van der Waals surface area (Å²) >= 11 is 6.23. The number of aryl methyl sites for hydroxylation is 1. The Morgan fingerprint density at radius 1 is 0.927 bits per heavy atom. The van der Waals surface area contributed by atoms with Gasteiger partial charge in [-0.1, -0.05) is 51.4 Å². The van der Waals surface area contributed by atoms with Crippen molar-refractivity contribution in [3.8, 4) is 11.8 Å². The highest BCUT2D eigenvalue weighted by Gasteiger charge is 2.64. The van der Waals surface area contributed by atoms with Gasteiger partial charge < -0.3 is 15.0 Å². The van der Waals surface area contributed by atoms with Crippen molar-refractivity contribution >= 4 is 46.8 Å². The molecule has 3 heterocycles. The van der Waals surface area contributed by atoms with Crippen LogP contribution in [0.4, 0.5) is 5.69 Å². The highest BCUT2D eigenvalue weighted by molar-refractivity contribution is 6.31. The van der Waals surface area contributed by atoms with E-state index in [2.05, 4.69) is 54.2 Å². The van der Waals surface area contributed by atoms with E-state index in [0.29, 0.717) is 27.5 Å². The van der Waals surface area contributed by atoms with E-state index in [1.54, 1.807) is 30.3 Å². The molecule has 4 aliphatic rings. The zero-order chi connectivity index (χ0) is 39.2. The molecule has 12 nitrogen and oxygen atoms in total. The van der Waals surface area contributed by atoms with Crippen LogP contribution in [0, 0.1) is 22.2 Å². The molecule has 5 amide bonds. The Morgan fingerprint density at radius 3 is 2.27 bits per heavy atom. The van der Waals surface area contributed by atoms with Crippen LogP contribution >= 0.6 is 11.6 Å². The summed E-state index contributed by atoms with van der Waals surface area (Å²) in [5, 5.41) is 15.0. The lowest BCUT2D eigenvalue weighted by Crippen LogP contribution is -2.74. The molecule has 3 aliphatic heterocycles. The van der Waals surface area contributed by atoms with Gasteiger partial charge in [0.05, 0.1) is 21.7 Å². The number of nitrogens with one attached hydrogen (secondary N) is 2. The van der Waals surface area contributed by atoms with Crippen LogP contribution in [0.1, 0.15) is 89.2 Å². The first-order chi connectivity index (χ1) is 26.2. The number of nitrogens with zero attached hydrogens (tertiary/aromatic N) is 4. The van der Waals surface area contributed by atoms with Crippen LogP contribution in [0.2, 0.25) is 5.02 Å². The number of amides is 5. The van der Waals surface area contributed by atoms with Gasteiger partial charge in [0.25, 0.3) is 17.7 Å². The SMILES string of the molecule is CC1(C)C(NC(=O)c2ccc(CCCN3CCN(c4ccc5c(c4)C(=O)N(C4CCC(=O)NC4=O)C5=O)CC3)cc2)C(C)(C)C1Oc1ccc(C#N)c(Cl)c1. The van der Waals surface area contributed by atoms with Gasteiger partial charge >= 0.3 is 0 Å². The Bertz CT molecular complexity index is 2090. The van der Waals surface area contributed by atoms with Crippen molar-refractivity contribution in [1.29, 1.82) is 5.26 Å². The highest BCUT2D eigenvalue weighted by atomic mass is 35.5. The molecular formula is C42H45ClN6O6. The van der Waals surface area contributed by atoms with Gasteiger partial charge in [-0.05, 0) is 73.8 Å². The van der Waals surface area contributed by atoms with Gasteiger partial charge in [-0.25, -0.2) is 0 Å². The summed E-state index contributed by atoms with van der Waals surface area (Å²) < 4.78 is 6.36. The third-order valence-electron chi connectivity index (χ3n) is 11.7. The van der Waals surface area contributed by atoms with E-state index >= 15 is 0 Å². The van der Waals surface area contributed by atoms with Crippen molar-refractivity contribution in [1.82, 2.24) is 20.4 Å². The number of halogens is 1. The lowest BCUT2D eigenvalue weighted by molar-refractivity contribution is -0.164. The number of benzene rings is 3. The number of carbonyl (C=O) groups excluding carboxylic acids is 5. The average Bonchev–Trinajstić information content (AvgIpc) is 3.41. The maximum atomic E-state index is 13.4. The molecule has 7 rings (SSSR count). The van der Waals surface area contributed by atoms with Crippen molar-refractivity contribution in [3.63, 3.8) is 0 Å². The number of hydrogen-bond acceptors (Lipinski definition) is 9. The molecule has 0 radical (unpaired) electrons. The molecule has 0 aromatic heterocycles. The van der Waals surface area contributed by atoms with Crippen molar-refractivity contribution in [2.75, 3.05) is 37.6 Å². The smallest absolute Gasteiger partial charge is 0.262 e. The van der Waals surface area contributed by atoms with Crippen LogP contribution in [0.25, 0.3) is 0 Å². The molecule has 3 aromatic rings. The average molecular weight is 765 g/mol.